The second kappa shape index (κ2) is 11.0. The molecule has 3 N–H and O–H groups in total. The Balaban J connectivity index is 0.000000286. The molecule has 0 saturated heterocycles. The molecule has 36 heavy (non-hydrogen) atoms. The van der Waals surface area contributed by atoms with Crippen molar-refractivity contribution < 1.29 is 18.7 Å². The molecule has 1 fully saturated rings. The molecule has 3 aromatic rings. The SMILES string of the molecule is COc1ccc(Cl)cc1-c1nn(C(F)C(=O)NC2CC2)cc1-n1cccn1.NC(=O)N1C=NC=CC1. The molecule has 5 rings (SSSR count). The maximum absolute atomic E-state index is 14.7. The van der Waals surface area contributed by atoms with Crippen LogP contribution in [0.5, 0.6) is 5.75 Å². The summed E-state index contributed by atoms with van der Waals surface area (Å²) in [6, 6.07) is 6.40. The van der Waals surface area contributed by atoms with E-state index in [4.69, 9.17) is 22.1 Å². The fourth-order valence-electron chi connectivity index (χ4n) is 3.29. The monoisotopic (exact) mass is 514 g/mol. The number of hydrogen-bond acceptors (Lipinski definition) is 6. The number of aromatic nitrogens is 4. The molecule has 0 spiro atoms. The maximum Gasteiger partial charge on any atom is 0.320 e. The van der Waals surface area contributed by atoms with Crippen LogP contribution in [0.4, 0.5) is 9.18 Å². The Labute approximate surface area is 211 Å². The molecule has 0 radical (unpaired) electrons. The van der Waals surface area contributed by atoms with Gasteiger partial charge in [0.25, 0.3) is 12.2 Å². The lowest BCUT2D eigenvalue weighted by Gasteiger charge is -2.12. The number of primary amides is 1. The van der Waals surface area contributed by atoms with Crippen molar-refractivity contribution in [1.29, 1.82) is 0 Å². The summed E-state index contributed by atoms with van der Waals surface area (Å²) >= 11 is 6.13. The zero-order chi connectivity index (χ0) is 25.7. The number of amides is 3. The van der Waals surface area contributed by atoms with E-state index in [1.54, 1.807) is 53.6 Å². The lowest BCUT2D eigenvalue weighted by Crippen LogP contribution is -2.35. The number of alkyl halides is 1. The van der Waals surface area contributed by atoms with Gasteiger partial charge < -0.3 is 15.8 Å². The van der Waals surface area contributed by atoms with Gasteiger partial charge in [-0.1, -0.05) is 11.6 Å². The van der Waals surface area contributed by atoms with E-state index in [0.29, 0.717) is 34.3 Å². The van der Waals surface area contributed by atoms with Crippen molar-refractivity contribution in [3.63, 3.8) is 0 Å². The molecule has 1 aliphatic heterocycles. The smallest absolute Gasteiger partial charge is 0.320 e. The highest BCUT2D eigenvalue weighted by molar-refractivity contribution is 6.31. The van der Waals surface area contributed by atoms with Gasteiger partial charge in [-0.25, -0.2) is 23.5 Å². The first kappa shape index (κ1) is 24.9. The molecule has 1 aliphatic carbocycles. The number of methoxy groups -OCH3 is 1. The largest absolute Gasteiger partial charge is 0.496 e. The van der Waals surface area contributed by atoms with E-state index in [1.165, 1.54) is 24.5 Å². The topological polar surface area (TPSA) is 133 Å². The van der Waals surface area contributed by atoms with Crippen LogP contribution >= 0.6 is 11.6 Å². The average molecular weight is 515 g/mol. The minimum atomic E-state index is -1.95. The third kappa shape index (κ3) is 5.89. The first-order chi connectivity index (χ1) is 17.4. The van der Waals surface area contributed by atoms with Gasteiger partial charge in [0, 0.05) is 41.8 Å². The van der Waals surface area contributed by atoms with Gasteiger partial charge in [-0.2, -0.15) is 10.2 Å². The Bertz CT molecular complexity index is 1290. The summed E-state index contributed by atoms with van der Waals surface area (Å²) < 4.78 is 22.7. The Morgan fingerprint density at radius 3 is 2.72 bits per heavy atom. The average Bonchev–Trinajstić information content (AvgIpc) is 3.34. The molecule has 3 amide bonds. The Morgan fingerprint density at radius 2 is 2.14 bits per heavy atom. The number of rotatable bonds is 6. The molecule has 0 bridgehead atoms. The number of ether oxygens (including phenoxy) is 1. The fourth-order valence-corrected chi connectivity index (χ4v) is 3.46. The summed E-state index contributed by atoms with van der Waals surface area (Å²) in [5, 5.41) is 11.6. The molecule has 3 heterocycles. The fraction of sp³-hybridized carbons (Fsp3) is 0.261. The van der Waals surface area contributed by atoms with E-state index in [0.717, 1.165) is 17.5 Å². The van der Waals surface area contributed by atoms with Crippen LogP contribution in [0.2, 0.25) is 5.02 Å². The molecule has 1 aromatic carbocycles. The van der Waals surface area contributed by atoms with Gasteiger partial charge in [-0.15, -0.1) is 0 Å². The number of nitrogens with one attached hydrogen (secondary N) is 1. The minimum Gasteiger partial charge on any atom is -0.496 e. The quantitative estimate of drug-likeness (QED) is 0.521. The summed E-state index contributed by atoms with van der Waals surface area (Å²) in [6.07, 6.45) is 9.34. The highest BCUT2D eigenvalue weighted by atomic mass is 35.5. The maximum atomic E-state index is 14.7. The summed E-state index contributed by atoms with van der Waals surface area (Å²) in [6.45, 7) is 0.527. The Hall–Kier alpha value is -4.19. The van der Waals surface area contributed by atoms with Crippen LogP contribution in [-0.4, -0.2) is 62.4 Å². The van der Waals surface area contributed by atoms with Crippen molar-refractivity contribution in [3.8, 4) is 22.7 Å². The van der Waals surface area contributed by atoms with Crippen molar-refractivity contribution in [2.75, 3.05) is 13.7 Å². The molecular formula is C23H24ClFN8O3. The molecule has 2 aromatic heterocycles. The standard InChI is InChI=1S/C18H17ClFN5O2.C5H7N3O/c1-27-15-6-3-11(19)9-13(15)16-14(24-8-2-7-21-24)10-25(23-16)17(20)18(26)22-12-4-5-12;6-5(9)8-3-1-2-7-4-8/h2-3,6-10,12,17H,4-5H2,1H3,(H,22,26);1-2,4H,3H2,(H2,6,9). The first-order valence-corrected chi connectivity index (χ1v) is 11.4. The molecule has 11 nitrogen and oxygen atoms in total. The number of nitrogens with zero attached hydrogens (tertiary/aromatic N) is 6. The van der Waals surface area contributed by atoms with Crippen molar-refractivity contribution in [2.45, 2.75) is 25.2 Å². The third-order valence-electron chi connectivity index (χ3n) is 5.24. The summed E-state index contributed by atoms with van der Waals surface area (Å²) in [4.78, 5) is 27.5. The van der Waals surface area contributed by atoms with Gasteiger partial charge in [-0.3, -0.25) is 9.69 Å². The van der Waals surface area contributed by atoms with Gasteiger partial charge in [0.1, 0.15) is 17.1 Å². The van der Waals surface area contributed by atoms with Crippen molar-refractivity contribution in [1.82, 2.24) is 29.8 Å². The zero-order valence-corrected chi connectivity index (χ0v) is 20.0. The second-order valence-electron chi connectivity index (χ2n) is 7.90. The number of halogens is 2. The number of carbonyl (C=O) groups excluding carboxylic acids is 2. The molecule has 13 heteroatoms. The number of benzene rings is 1. The number of hydrogen-bond donors (Lipinski definition) is 2. The van der Waals surface area contributed by atoms with Gasteiger partial charge in [0.05, 0.1) is 19.6 Å². The number of nitrogens with two attached hydrogens (primary N) is 1. The van der Waals surface area contributed by atoms with E-state index in [9.17, 15) is 14.0 Å². The molecule has 188 valence electrons. The zero-order valence-electron chi connectivity index (χ0n) is 19.3. The van der Waals surface area contributed by atoms with Crippen LogP contribution in [0.15, 0.2) is 60.1 Å². The van der Waals surface area contributed by atoms with E-state index in [2.05, 4.69) is 20.5 Å². The summed E-state index contributed by atoms with van der Waals surface area (Å²) in [5.41, 5.74) is 6.41. The van der Waals surface area contributed by atoms with E-state index >= 15 is 0 Å². The molecule has 1 atom stereocenters. The van der Waals surface area contributed by atoms with Crippen LogP contribution in [-0.2, 0) is 4.79 Å². The predicted octanol–water partition coefficient (Wildman–Crippen LogP) is 3.07. The summed E-state index contributed by atoms with van der Waals surface area (Å²) in [5.74, 6) is -0.187. The van der Waals surface area contributed by atoms with Crippen LogP contribution < -0.4 is 15.8 Å². The highest BCUT2D eigenvalue weighted by Gasteiger charge is 2.30. The second-order valence-corrected chi connectivity index (χ2v) is 8.33. The van der Waals surface area contributed by atoms with Gasteiger partial charge in [0.15, 0.2) is 0 Å². The van der Waals surface area contributed by atoms with E-state index < -0.39 is 18.2 Å². The number of urea groups is 1. The van der Waals surface area contributed by atoms with Crippen LogP contribution in [0.3, 0.4) is 0 Å². The van der Waals surface area contributed by atoms with E-state index in [1.807, 2.05) is 0 Å². The Morgan fingerprint density at radius 1 is 1.33 bits per heavy atom. The minimum absolute atomic E-state index is 0.0596. The third-order valence-corrected chi connectivity index (χ3v) is 5.47. The van der Waals surface area contributed by atoms with Gasteiger partial charge >= 0.3 is 6.03 Å². The lowest BCUT2D eigenvalue weighted by atomic mass is 10.1. The number of aliphatic imine (C=N–C) groups is 1. The van der Waals surface area contributed by atoms with Crippen LogP contribution in [0, 0.1) is 0 Å². The molecular weight excluding hydrogens is 491 g/mol. The van der Waals surface area contributed by atoms with Gasteiger partial charge in [-0.05, 0) is 43.2 Å². The summed E-state index contributed by atoms with van der Waals surface area (Å²) in [7, 11) is 1.53. The van der Waals surface area contributed by atoms with Gasteiger partial charge in [0.2, 0.25) is 0 Å². The number of carbonyl (C=O) groups is 2. The van der Waals surface area contributed by atoms with Crippen LogP contribution in [0.1, 0.15) is 19.1 Å². The highest BCUT2D eigenvalue weighted by Crippen LogP contribution is 2.35. The lowest BCUT2D eigenvalue weighted by molar-refractivity contribution is -0.129. The van der Waals surface area contributed by atoms with E-state index in [-0.39, 0.29) is 6.04 Å². The van der Waals surface area contributed by atoms with Crippen molar-refractivity contribution in [2.24, 2.45) is 10.7 Å². The van der Waals surface area contributed by atoms with Crippen LogP contribution in [0.25, 0.3) is 16.9 Å². The molecule has 1 saturated carbocycles. The van der Waals surface area contributed by atoms with Crippen molar-refractivity contribution in [3.05, 3.63) is 60.2 Å². The molecule has 1 unspecified atom stereocenters. The van der Waals surface area contributed by atoms with Crippen molar-refractivity contribution >= 4 is 29.9 Å². The first-order valence-electron chi connectivity index (χ1n) is 11.0. The normalized spacial score (nSPS) is 15.1. The Kier molecular flexibility index (Phi) is 7.64. The molecule has 2 aliphatic rings. The predicted molar refractivity (Wildman–Crippen MR) is 132 cm³/mol.